The normalized spacial score (nSPS) is 23.0. The molecule has 1 amide bonds. The Morgan fingerprint density at radius 1 is 1.07 bits per heavy atom. The lowest BCUT2D eigenvalue weighted by atomic mass is 9.92. The summed E-state index contributed by atoms with van der Waals surface area (Å²) in [5.74, 6) is 2.34. The van der Waals surface area contributed by atoms with Gasteiger partial charge in [-0.3, -0.25) is 9.69 Å². The van der Waals surface area contributed by atoms with Crippen molar-refractivity contribution in [3.63, 3.8) is 0 Å². The first-order valence-electron chi connectivity index (χ1n) is 10.7. The number of thiocarbonyl (C=S) groups is 1. The molecule has 1 N–H and O–H groups in total. The van der Waals surface area contributed by atoms with E-state index in [1.54, 1.807) is 0 Å². The zero-order chi connectivity index (χ0) is 20.8. The van der Waals surface area contributed by atoms with Gasteiger partial charge in [0.05, 0.1) is 13.2 Å². The molecule has 2 saturated heterocycles. The van der Waals surface area contributed by atoms with Gasteiger partial charge in [-0.05, 0) is 61.7 Å². The summed E-state index contributed by atoms with van der Waals surface area (Å²) in [6.45, 7) is 12.8. The number of piperazine rings is 1. The second-order valence-corrected chi connectivity index (χ2v) is 8.78. The maximum absolute atomic E-state index is 12.7. The quantitative estimate of drug-likeness (QED) is 0.742. The molecule has 0 radical (unpaired) electrons. The summed E-state index contributed by atoms with van der Waals surface area (Å²) in [7, 11) is 0. The molecule has 2 heterocycles. The number of nitrogens with one attached hydrogen (secondary N) is 1. The Bertz CT molecular complexity index is 679. The van der Waals surface area contributed by atoms with E-state index in [2.05, 4.69) is 33.9 Å². The van der Waals surface area contributed by atoms with Gasteiger partial charge in [-0.1, -0.05) is 13.8 Å². The van der Waals surface area contributed by atoms with Crippen LogP contribution in [-0.2, 0) is 4.79 Å². The number of anilines is 1. The number of piperidine rings is 1. The summed E-state index contributed by atoms with van der Waals surface area (Å²) < 4.78 is 5.47. The van der Waals surface area contributed by atoms with Gasteiger partial charge in [-0.2, -0.15) is 0 Å². The standard InChI is InChI=1S/C22H34N4O2S/c1-4-28-20-7-5-19(6-8-20)23-22(29)25-11-9-24(10-12-25)16-21(27)26-14-17(2)13-18(3)15-26/h5-8,17-18H,4,9-16H2,1-3H3,(H,23,29)/t17-,18-/m1/s1. The third-order valence-corrected chi connectivity index (χ3v) is 6.02. The Labute approximate surface area is 180 Å². The molecule has 7 heteroatoms. The molecule has 2 fully saturated rings. The summed E-state index contributed by atoms with van der Waals surface area (Å²) in [4.78, 5) is 19.2. The Kier molecular flexibility index (Phi) is 7.72. The first kappa shape index (κ1) is 21.8. The number of benzene rings is 1. The number of nitrogens with zero attached hydrogens (tertiary/aromatic N) is 3. The largest absolute Gasteiger partial charge is 0.494 e. The zero-order valence-corrected chi connectivity index (χ0v) is 18.7. The van der Waals surface area contributed by atoms with E-state index < -0.39 is 0 Å². The van der Waals surface area contributed by atoms with E-state index in [4.69, 9.17) is 17.0 Å². The fraction of sp³-hybridized carbons (Fsp3) is 0.636. The molecule has 1 aromatic rings. The second-order valence-electron chi connectivity index (χ2n) is 8.40. The minimum atomic E-state index is 0.270. The van der Waals surface area contributed by atoms with Crippen LogP contribution in [0.1, 0.15) is 27.2 Å². The van der Waals surface area contributed by atoms with Crippen LogP contribution in [-0.4, -0.2) is 78.1 Å². The van der Waals surface area contributed by atoms with Crippen molar-refractivity contribution in [3.8, 4) is 5.75 Å². The number of amides is 1. The van der Waals surface area contributed by atoms with Gasteiger partial charge in [0, 0.05) is 45.0 Å². The van der Waals surface area contributed by atoms with E-state index >= 15 is 0 Å². The number of rotatable bonds is 5. The monoisotopic (exact) mass is 418 g/mol. The van der Waals surface area contributed by atoms with Crippen molar-refractivity contribution < 1.29 is 9.53 Å². The SMILES string of the molecule is CCOc1ccc(NC(=S)N2CCN(CC(=O)N3C[C@H](C)C[C@@H](C)C3)CC2)cc1. The molecule has 0 bridgehead atoms. The zero-order valence-electron chi connectivity index (χ0n) is 17.9. The molecule has 0 saturated carbocycles. The van der Waals surface area contributed by atoms with E-state index in [0.717, 1.165) is 55.8 Å². The van der Waals surface area contributed by atoms with Crippen LogP contribution in [0.25, 0.3) is 0 Å². The van der Waals surface area contributed by atoms with E-state index in [1.165, 1.54) is 6.42 Å². The number of hydrogen-bond donors (Lipinski definition) is 1. The molecular formula is C22H34N4O2S. The third kappa shape index (κ3) is 6.31. The Balaban J connectivity index is 1.42. The Morgan fingerprint density at radius 3 is 2.28 bits per heavy atom. The minimum Gasteiger partial charge on any atom is -0.494 e. The van der Waals surface area contributed by atoms with Crippen LogP contribution in [0.2, 0.25) is 0 Å². The summed E-state index contributed by atoms with van der Waals surface area (Å²) in [5, 5.41) is 4.04. The van der Waals surface area contributed by atoms with Crippen LogP contribution in [0.4, 0.5) is 5.69 Å². The van der Waals surface area contributed by atoms with Crippen molar-refractivity contribution in [1.82, 2.24) is 14.7 Å². The van der Waals surface area contributed by atoms with Gasteiger partial charge in [0.25, 0.3) is 0 Å². The fourth-order valence-electron chi connectivity index (χ4n) is 4.27. The lowest BCUT2D eigenvalue weighted by molar-refractivity contribution is -0.135. The number of hydrogen-bond acceptors (Lipinski definition) is 4. The molecule has 2 aliphatic heterocycles. The molecule has 29 heavy (non-hydrogen) atoms. The van der Waals surface area contributed by atoms with Crippen molar-refractivity contribution in [2.45, 2.75) is 27.2 Å². The lowest BCUT2D eigenvalue weighted by Crippen LogP contribution is -2.53. The Hall–Kier alpha value is -1.86. The molecule has 2 atom stereocenters. The predicted molar refractivity (Wildman–Crippen MR) is 121 cm³/mol. The van der Waals surface area contributed by atoms with Crippen molar-refractivity contribution >= 4 is 28.9 Å². The average Bonchev–Trinajstić information content (AvgIpc) is 2.69. The molecule has 0 unspecified atom stereocenters. The predicted octanol–water partition coefficient (Wildman–Crippen LogP) is 2.90. The number of ether oxygens (including phenoxy) is 1. The highest BCUT2D eigenvalue weighted by Crippen LogP contribution is 2.21. The van der Waals surface area contributed by atoms with E-state index in [9.17, 15) is 4.79 Å². The van der Waals surface area contributed by atoms with E-state index in [1.807, 2.05) is 31.2 Å². The average molecular weight is 419 g/mol. The van der Waals surface area contributed by atoms with Gasteiger partial charge >= 0.3 is 0 Å². The molecule has 0 aliphatic carbocycles. The fourth-order valence-corrected chi connectivity index (χ4v) is 4.57. The maximum atomic E-state index is 12.7. The third-order valence-electron chi connectivity index (χ3n) is 5.66. The topological polar surface area (TPSA) is 48.1 Å². The number of carbonyl (C=O) groups is 1. The summed E-state index contributed by atoms with van der Waals surface area (Å²) in [6.07, 6.45) is 1.22. The van der Waals surface area contributed by atoms with Crippen LogP contribution in [0.5, 0.6) is 5.75 Å². The van der Waals surface area contributed by atoms with Gasteiger partial charge in [0.2, 0.25) is 5.91 Å². The number of likely N-dealkylation sites (tertiary alicyclic amines) is 1. The van der Waals surface area contributed by atoms with Crippen molar-refractivity contribution in [2.75, 3.05) is 57.7 Å². The highest BCUT2D eigenvalue weighted by atomic mass is 32.1. The summed E-state index contributed by atoms with van der Waals surface area (Å²) in [5.41, 5.74) is 0.962. The van der Waals surface area contributed by atoms with E-state index in [-0.39, 0.29) is 5.91 Å². The lowest BCUT2D eigenvalue weighted by Gasteiger charge is -2.39. The molecule has 3 rings (SSSR count). The summed E-state index contributed by atoms with van der Waals surface area (Å²) in [6, 6.07) is 7.85. The second kappa shape index (κ2) is 10.3. The van der Waals surface area contributed by atoms with Crippen molar-refractivity contribution in [2.24, 2.45) is 11.8 Å². The molecular weight excluding hydrogens is 384 g/mol. The highest BCUT2D eigenvalue weighted by molar-refractivity contribution is 7.80. The first-order chi connectivity index (χ1) is 13.9. The number of carbonyl (C=O) groups excluding carboxylic acids is 1. The van der Waals surface area contributed by atoms with Crippen molar-refractivity contribution in [1.29, 1.82) is 0 Å². The van der Waals surface area contributed by atoms with Crippen LogP contribution in [0, 0.1) is 11.8 Å². The first-order valence-corrected chi connectivity index (χ1v) is 11.1. The van der Waals surface area contributed by atoms with Gasteiger partial charge in [0.15, 0.2) is 5.11 Å². The summed E-state index contributed by atoms with van der Waals surface area (Å²) >= 11 is 5.58. The van der Waals surface area contributed by atoms with Gasteiger partial charge in [-0.15, -0.1) is 0 Å². The maximum Gasteiger partial charge on any atom is 0.236 e. The van der Waals surface area contributed by atoms with E-state index in [0.29, 0.717) is 25.0 Å². The van der Waals surface area contributed by atoms with Crippen LogP contribution >= 0.6 is 12.2 Å². The molecule has 1 aromatic carbocycles. The van der Waals surface area contributed by atoms with Crippen LogP contribution < -0.4 is 10.1 Å². The molecule has 160 valence electrons. The van der Waals surface area contributed by atoms with Gasteiger partial charge < -0.3 is 19.9 Å². The molecule has 0 spiro atoms. The van der Waals surface area contributed by atoms with Crippen LogP contribution in [0.3, 0.4) is 0 Å². The minimum absolute atomic E-state index is 0.270. The smallest absolute Gasteiger partial charge is 0.236 e. The highest BCUT2D eigenvalue weighted by Gasteiger charge is 2.27. The Morgan fingerprint density at radius 2 is 1.69 bits per heavy atom. The molecule has 6 nitrogen and oxygen atoms in total. The molecule has 0 aromatic heterocycles. The van der Waals surface area contributed by atoms with Gasteiger partial charge in [-0.25, -0.2) is 0 Å². The van der Waals surface area contributed by atoms with Gasteiger partial charge in [0.1, 0.15) is 5.75 Å². The molecule has 2 aliphatic rings. The van der Waals surface area contributed by atoms with Crippen molar-refractivity contribution in [3.05, 3.63) is 24.3 Å². The van der Waals surface area contributed by atoms with Crippen LogP contribution in [0.15, 0.2) is 24.3 Å².